The zero-order valence-electron chi connectivity index (χ0n) is 7.41. The zero-order valence-corrected chi connectivity index (χ0v) is 8.99. The van der Waals surface area contributed by atoms with E-state index in [1.54, 1.807) is 23.9 Å². The maximum absolute atomic E-state index is 12.7. The van der Waals surface area contributed by atoms with Gasteiger partial charge in [-0.2, -0.15) is 0 Å². The molecule has 0 N–H and O–H groups in total. The molecule has 0 aliphatic carbocycles. The van der Waals surface area contributed by atoms with Crippen molar-refractivity contribution in [3.8, 4) is 11.4 Å². The molecule has 14 heavy (non-hydrogen) atoms. The van der Waals surface area contributed by atoms with E-state index in [1.807, 2.05) is 0 Å². The molecule has 0 saturated heterocycles. The van der Waals surface area contributed by atoms with Gasteiger partial charge in [-0.05, 0) is 40.2 Å². The molecule has 0 saturated carbocycles. The van der Waals surface area contributed by atoms with Crippen LogP contribution in [-0.2, 0) is 7.05 Å². The smallest absolute Gasteiger partial charge is 0.217 e. The van der Waals surface area contributed by atoms with Gasteiger partial charge in [0.05, 0.1) is 0 Å². The molecule has 0 spiro atoms. The van der Waals surface area contributed by atoms with Crippen LogP contribution in [0.2, 0.25) is 0 Å². The number of rotatable bonds is 1. The van der Waals surface area contributed by atoms with Crippen LogP contribution in [0.25, 0.3) is 11.4 Å². The average Bonchev–Trinajstić information content (AvgIpc) is 2.47. The molecule has 3 nitrogen and oxygen atoms in total. The topological polar surface area (TPSA) is 30.7 Å². The first kappa shape index (κ1) is 9.33. The summed E-state index contributed by atoms with van der Waals surface area (Å²) in [6, 6.07) is 6.15. The van der Waals surface area contributed by atoms with Gasteiger partial charge in [-0.1, -0.05) is 0 Å². The summed E-state index contributed by atoms with van der Waals surface area (Å²) in [5.41, 5.74) is 0.840. The lowest BCUT2D eigenvalue weighted by molar-refractivity contribution is 0.628. The van der Waals surface area contributed by atoms with Crippen LogP contribution in [-0.4, -0.2) is 14.8 Å². The molecule has 1 heterocycles. The molecule has 0 unspecified atom stereocenters. The third-order valence-electron chi connectivity index (χ3n) is 1.84. The first-order valence-corrected chi connectivity index (χ1v) is 4.78. The van der Waals surface area contributed by atoms with Crippen molar-refractivity contribution >= 4 is 15.9 Å². The Morgan fingerprint density at radius 1 is 1.29 bits per heavy atom. The second kappa shape index (κ2) is 3.49. The van der Waals surface area contributed by atoms with Gasteiger partial charge in [-0.15, -0.1) is 5.10 Å². The minimum Gasteiger partial charge on any atom is -0.248 e. The standard InChI is InChI=1S/C9H7BrFN3/c1-14-8(12-9(10)13-14)6-2-4-7(11)5-3-6/h2-5H,1H3. The van der Waals surface area contributed by atoms with Crippen molar-refractivity contribution in [3.05, 3.63) is 34.8 Å². The fourth-order valence-electron chi connectivity index (χ4n) is 1.20. The first-order chi connectivity index (χ1) is 6.66. The minimum atomic E-state index is -0.255. The van der Waals surface area contributed by atoms with Crippen molar-refractivity contribution in [3.63, 3.8) is 0 Å². The molecule has 72 valence electrons. The highest BCUT2D eigenvalue weighted by Gasteiger charge is 2.06. The monoisotopic (exact) mass is 255 g/mol. The summed E-state index contributed by atoms with van der Waals surface area (Å²) in [7, 11) is 1.79. The van der Waals surface area contributed by atoms with Crippen molar-refractivity contribution in [1.29, 1.82) is 0 Å². The van der Waals surface area contributed by atoms with Crippen LogP contribution in [0, 0.1) is 5.82 Å². The highest BCUT2D eigenvalue weighted by atomic mass is 79.9. The van der Waals surface area contributed by atoms with Crippen LogP contribution < -0.4 is 0 Å². The van der Waals surface area contributed by atoms with Crippen LogP contribution >= 0.6 is 15.9 Å². The summed E-state index contributed by atoms with van der Waals surface area (Å²) in [4.78, 5) is 4.16. The van der Waals surface area contributed by atoms with E-state index in [0.29, 0.717) is 10.6 Å². The second-order valence-electron chi connectivity index (χ2n) is 2.83. The zero-order chi connectivity index (χ0) is 10.1. The molecule has 1 aromatic carbocycles. The van der Waals surface area contributed by atoms with Crippen molar-refractivity contribution < 1.29 is 4.39 Å². The Morgan fingerprint density at radius 3 is 2.43 bits per heavy atom. The Kier molecular flexibility index (Phi) is 2.33. The number of hydrogen-bond acceptors (Lipinski definition) is 2. The van der Waals surface area contributed by atoms with Crippen molar-refractivity contribution in [1.82, 2.24) is 14.8 Å². The lowest BCUT2D eigenvalue weighted by Gasteiger charge is -1.98. The molecule has 0 fully saturated rings. The normalized spacial score (nSPS) is 10.5. The van der Waals surface area contributed by atoms with E-state index in [0.717, 1.165) is 5.56 Å². The molecule has 0 amide bonds. The number of aryl methyl sites for hydroxylation is 1. The number of benzene rings is 1. The average molecular weight is 256 g/mol. The van der Waals surface area contributed by atoms with E-state index >= 15 is 0 Å². The summed E-state index contributed by atoms with van der Waals surface area (Å²) in [6.45, 7) is 0. The summed E-state index contributed by atoms with van der Waals surface area (Å²) in [5.74, 6) is 0.451. The molecule has 5 heteroatoms. The van der Waals surface area contributed by atoms with Crippen LogP contribution in [0.1, 0.15) is 0 Å². The molecule has 0 bridgehead atoms. The third kappa shape index (κ3) is 1.68. The van der Waals surface area contributed by atoms with Crippen LogP contribution in [0.5, 0.6) is 0 Å². The Hall–Kier alpha value is -1.23. The molecule has 1 aromatic heterocycles. The molecular formula is C9H7BrFN3. The van der Waals surface area contributed by atoms with Crippen molar-refractivity contribution in [2.24, 2.45) is 7.05 Å². The van der Waals surface area contributed by atoms with Gasteiger partial charge >= 0.3 is 0 Å². The Morgan fingerprint density at radius 2 is 1.93 bits per heavy atom. The van der Waals surface area contributed by atoms with Gasteiger partial charge < -0.3 is 0 Å². The summed E-state index contributed by atoms with van der Waals surface area (Å²) >= 11 is 3.18. The molecular weight excluding hydrogens is 249 g/mol. The fraction of sp³-hybridized carbons (Fsp3) is 0.111. The lowest BCUT2D eigenvalue weighted by Crippen LogP contribution is -1.94. The number of aromatic nitrogens is 3. The summed E-state index contributed by atoms with van der Waals surface area (Å²) in [6.07, 6.45) is 0. The van der Waals surface area contributed by atoms with Crippen LogP contribution in [0.15, 0.2) is 29.0 Å². The SMILES string of the molecule is Cn1nc(Br)nc1-c1ccc(F)cc1. The van der Waals surface area contributed by atoms with E-state index in [2.05, 4.69) is 26.0 Å². The minimum absolute atomic E-state index is 0.255. The van der Waals surface area contributed by atoms with Crippen LogP contribution in [0.3, 0.4) is 0 Å². The molecule has 0 aliphatic heterocycles. The second-order valence-corrected chi connectivity index (χ2v) is 3.54. The molecule has 2 rings (SSSR count). The van der Waals surface area contributed by atoms with Gasteiger partial charge in [-0.3, -0.25) is 0 Å². The predicted octanol–water partition coefficient (Wildman–Crippen LogP) is 2.38. The number of hydrogen-bond donors (Lipinski definition) is 0. The van der Waals surface area contributed by atoms with E-state index in [-0.39, 0.29) is 5.82 Å². The van der Waals surface area contributed by atoms with E-state index in [4.69, 9.17) is 0 Å². The summed E-state index contributed by atoms with van der Waals surface area (Å²) < 4.78 is 14.8. The van der Waals surface area contributed by atoms with Gasteiger partial charge in [0, 0.05) is 12.6 Å². The van der Waals surface area contributed by atoms with Crippen LogP contribution in [0.4, 0.5) is 4.39 Å². The maximum atomic E-state index is 12.7. The molecule has 2 aromatic rings. The van der Waals surface area contributed by atoms with Gasteiger partial charge in [0.1, 0.15) is 5.82 Å². The fourth-order valence-corrected chi connectivity index (χ4v) is 1.61. The predicted molar refractivity (Wildman–Crippen MR) is 54.1 cm³/mol. The van der Waals surface area contributed by atoms with Gasteiger partial charge in [0.15, 0.2) is 5.82 Å². The molecule has 0 aliphatic rings. The highest BCUT2D eigenvalue weighted by Crippen LogP contribution is 2.18. The quantitative estimate of drug-likeness (QED) is 0.784. The Labute approximate surface area is 88.7 Å². The van der Waals surface area contributed by atoms with Crippen molar-refractivity contribution in [2.45, 2.75) is 0 Å². The highest BCUT2D eigenvalue weighted by molar-refractivity contribution is 9.10. The largest absolute Gasteiger partial charge is 0.248 e. The van der Waals surface area contributed by atoms with E-state index in [9.17, 15) is 4.39 Å². The Balaban J connectivity index is 2.49. The number of halogens is 2. The van der Waals surface area contributed by atoms with E-state index in [1.165, 1.54) is 12.1 Å². The lowest BCUT2D eigenvalue weighted by atomic mass is 10.2. The summed E-state index contributed by atoms with van der Waals surface area (Å²) in [5, 5.41) is 4.04. The Bertz CT molecular complexity index is 450. The van der Waals surface area contributed by atoms with Gasteiger partial charge in [0.25, 0.3) is 0 Å². The first-order valence-electron chi connectivity index (χ1n) is 3.99. The van der Waals surface area contributed by atoms with Gasteiger partial charge in [-0.25, -0.2) is 14.1 Å². The van der Waals surface area contributed by atoms with Gasteiger partial charge in [0.2, 0.25) is 4.73 Å². The maximum Gasteiger partial charge on any atom is 0.217 e. The molecule has 0 radical (unpaired) electrons. The third-order valence-corrected chi connectivity index (χ3v) is 2.18. The van der Waals surface area contributed by atoms with Crippen molar-refractivity contribution in [2.75, 3.05) is 0 Å². The van der Waals surface area contributed by atoms with E-state index < -0.39 is 0 Å². The molecule has 0 atom stereocenters. The number of nitrogens with zero attached hydrogens (tertiary/aromatic N) is 3.